The van der Waals surface area contributed by atoms with Crippen LogP contribution in [0.25, 0.3) is 0 Å². The highest BCUT2D eigenvalue weighted by atomic mass is 16.5. The van der Waals surface area contributed by atoms with E-state index in [1.165, 1.54) is 30.4 Å². The smallest absolute Gasteiger partial charge is 0.122 e. The lowest BCUT2D eigenvalue weighted by Crippen LogP contribution is -2.42. The fourth-order valence-corrected chi connectivity index (χ4v) is 3.41. The van der Waals surface area contributed by atoms with Crippen molar-refractivity contribution in [3.8, 4) is 5.75 Å². The summed E-state index contributed by atoms with van der Waals surface area (Å²) in [5.41, 5.74) is 2.83. The second-order valence-electron chi connectivity index (χ2n) is 6.02. The van der Waals surface area contributed by atoms with E-state index in [9.17, 15) is 0 Å². The van der Waals surface area contributed by atoms with E-state index in [2.05, 4.69) is 30.4 Å². The molecule has 0 spiro atoms. The van der Waals surface area contributed by atoms with Gasteiger partial charge in [-0.05, 0) is 49.4 Å². The van der Waals surface area contributed by atoms with E-state index < -0.39 is 0 Å². The number of hydrogen-bond acceptors (Lipinski definition) is 3. The minimum Gasteiger partial charge on any atom is -0.493 e. The van der Waals surface area contributed by atoms with Crippen LogP contribution in [-0.2, 0) is 11.2 Å². The summed E-state index contributed by atoms with van der Waals surface area (Å²) in [6.07, 6.45) is 5.79. The molecule has 1 aliphatic heterocycles. The van der Waals surface area contributed by atoms with Crippen LogP contribution in [0.2, 0.25) is 0 Å². The van der Waals surface area contributed by atoms with Crippen LogP contribution in [-0.4, -0.2) is 25.9 Å². The molecule has 2 aliphatic rings. The van der Waals surface area contributed by atoms with Crippen LogP contribution in [0.1, 0.15) is 49.8 Å². The average molecular weight is 275 g/mol. The van der Waals surface area contributed by atoms with Gasteiger partial charge in [-0.2, -0.15) is 0 Å². The van der Waals surface area contributed by atoms with Gasteiger partial charge < -0.3 is 14.8 Å². The maximum atomic E-state index is 5.80. The molecular formula is C17H25NO2. The third-order valence-electron chi connectivity index (χ3n) is 4.84. The van der Waals surface area contributed by atoms with Gasteiger partial charge in [0.05, 0.1) is 12.2 Å². The lowest BCUT2D eigenvalue weighted by atomic mass is 9.74. The van der Waals surface area contributed by atoms with Crippen LogP contribution in [0.5, 0.6) is 5.75 Å². The topological polar surface area (TPSA) is 30.5 Å². The zero-order valence-corrected chi connectivity index (χ0v) is 12.6. The molecule has 1 atom stereocenters. The Morgan fingerprint density at radius 1 is 1.40 bits per heavy atom. The highest BCUT2D eigenvalue weighted by Crippen LogP contribution is 2.42. The van der Waals surface area contributed by atoms with Crippen molar-refractivity contribution >= 4 is 0 Å². The number of benzene rings is 1. The molecule has 3 nitrogen and oxygen atoms in total. The molecule has 1 saturated carbocycles. The lowest BCUT2D eigenvalue weighted by Gasteiger charge is -2.43. The van der Waals surface area contributed by atoms with Crippen molar-refractivity contribution in [2.45, 2.75) is 50.7 Å². The average Bonchev–Trinajstić information content (AvgIpc) is 2.89. The molecule has 110 valence electrons. The van der Waals surface area contributed by atoms with Gasteiger partial charge in [0.25, 0.3) is 0 Å². The van der Waals surface area contributed by atoms with Crippen molar-refractivity contribution in [3.05, 3.63) is 29.3 Å². The van der Waals surface area contributed by atoms with Crippen molar-refractivity contribution in [3.63, 3.8) is 0 Å². The number of nitrogens with one attached hydrogen (secondary N) is 1. The molecule has 0 saturated heterocycles. The molecule has 1 fully saturated rings. The summed E-state index contributed by atoms with van der Waals surface area (Å²) in [6.45, 7) is 3.98. The molecule has 0 aromatic heterocycles. The number of methoxy groups -OCH3 is 1. The van der Waals surface area contributed by atoms with Gasteiger partial charge in [-0.25, -0.2) is 0 Å². The minimum atomic E-state index is 0.0996. The van der Waals surface area contributed by atoms with Gasteiger partial charge >= 0.3 is 0 Å². The normalized spacial score (nSPS) is 20.9. The van der Waals surface area contributed by atoms with Gasteiger partial charge in [-0.3, -0.25) is 0 Å². The molecule has 0 bridgehead atoms. The second-order valence-corrected chi connectivity index (χ2v) is 6.02. The van der Waals surface area contributed by atoms with Crippen LogP contribution >= 0.6 is 0 Å². The zero-order valence-electron chi connectivity index (χ0n) is 12.6. The summed E-state index contributed by atoms with van der Waals surface area (Å²) in [4.78, 5) is 0. The van der Waals surface area contributed by atoms with Gasteiger partial charge in [0.15, 0.2) is 0 Å². The third kappa shape index (κ3) is 2.57. The van der Waals surface area contributed by atoms with Gasteiger partial charge in [-0.15, -0.1) is 0 Å². The molecule has 1 aliphatic carbocycles. The monoisotopic (exact) mass is 275 g/mol. The predicted octanol–water partition coefficient (Wildman–Crippen LogP) is 3.23. The quantitative estimate of drug-likeness (QED) is 0.864. The largest absolute Gasteiger partial charge is 0.493 e. The minimum absolute atomic E-state index is 0.0996. The Kier molecular flexibility index (Phi) is 3.99. The number of rotatable bonds is 6. The van der Waals surface area contributed by atoms with E-state index >= 15 is 0 Å². The summed E-state index contributed by atoms with van der Waals surface area (Å²) in [5.74, 6) is 1.06. The number of hydrogen-bond donors (Lipinski definition) is 1. The van der Waals surface area contributed by atoms with Crippen LogP contribution in [0.15, 0.2) is 18.2 Å². The highest BCUT2D eigenvalue weighted by molar-refractivity contribution is 5.41. The Hall–Kier alpha value is -1.06. The van der Waals surface area contributed by atoms with Gasteiger partial charge in [0, 0.05) is 19.6 Å². The Labute approximate surface area is 121 Å². The first-order valence-corrected chi connectivity index (χ1v) is 7.80. The summed E-state index contributed by atoms with van der Waals surface area (Å²) < 4.78 is 11.4. The van der Waals surface area contributed by atoms with Crippen LogP contribution in [0, 0.1) is 0 Å². The standard InChI is InChI=1S/C17H25NO2/c1-3-18-15(12-17(19-2)8-4-9-17)13-5-6-16-14(11-13)7-10-20-16/h5-6,11,15,18H,3-4,7-10,12H2,1-2H3. The number of ether oxygens (including phenoxy) is 2. The molecule has 0 amide bonds. The molecule has 1 aromatic rings. The lowest BCUT2D eigenvalue weighted by molar-refractivity contribution is -0.0837. The molecule has 1 heterocycles. The first kappa shape index (κ1) is 13.9. The summed E-state index contributed by atoms with van der Waals surface area (Å²) in [6, 6.07) is 7.03. The van der Waals surface area contributed by atoms with Crippen LogP contribution in [0.3, 0.4) is 0 Å². The molecule has 1 unspecified atom stereocenters. The van der Waals surface area contributed by atoms with Crippen molar-refractivity contribution < 1.29 is 9.47 Å². The fourth-order valence-electron chi connectivity index (χ4n) is 3.41. The third-order valence-corrected chi connectivity index (χ3v) is 4.84. The zero-order chi connectivity index (χ0) is 14.0. The Morgan fingerprint density at radius 2 is 2.25 bits per heavy atom. The maximum absolute atomic E-state index is 5.80. The van der Waals surface area contributed by atoms with Gasteiger partial charge in [-0.1, -0.05) is 19.1 Å². The van der Waals surface area contributed by atoms with Gasteiger partial charge in [0.2, 0.25) is 0 Å². The van der Waals surface area contributed by atoms with Gasteiger partial charge in [0.1, 0.15) is 5.75 Å². The fraction of sp³-hybridized carbons (Fsp3) is 0.647. The Bertz CT molecular complexity index is 463. The molecule has 3 heteroatoms. The Balaban J connectivity index is 1.79. The van der Waals surface area contributed by atoms with Crippen molar-refractivity contribution in [1.82, 2.24) is 5.32 Å². The molecule has 1 aromatic carbocycles. The summed E-state index contributed by atoms with van der Waals surface area (Å²) in [5, 5.41) is 3.63. The van der Waals surface area contributed by atoms with E-state index in [1.54, 1.807) is 0 Å². The van der Waals surface area contributed by atoms with Crippen LogP contribution in [0.4, 0.5) is 0 Å². The van der Waals surface area contributed by atoms with E-state index in [4.69, 9.17) is 9.47 Å². The van der Waals surface area contributed by atoms with E-state index in [1.807, 2.05) is 7.11 Å². The Morgan fingerprint density at radius 3 is 2.90 bits per heavy atom. The number of fused-ring (bicyclic) bond motifs is 1. The molecule has 3 rings (SSSR count). The maximum Gasteiger partial charge on any atom is 0.122 e. The van der Waals surface area contributed by atoms with E-state index in [-0.39, 0.29) is 5.60 Å². The van der Waals surface area contributed by atoms with Crippen molar-refractivity contribution in [2.24, 2.45) is 0 Å². The highest BCUT2D eigenvalue weighted by Gasteiger charge is 2.39. The van der Waals surface area contributed by atoms with E-state index in [0.29, 0.717) is 6.04 Å². The second kappa shape index (κ2) is 5.74. The first-order valence-electron chi connectivity index (χ1n) is 7.80. The van der Waals surface area contributed by atoms with E-state index in [0.717, 1.165) is 31.7 Å². The summed E-state index contributed by atoms with van der Waals surface area (Å²) >= 11 is 0. The molecule has 0 radical (unpaired) electrons. The molecular weight excluding hydrogens is 250 g/mol. The molecule has 20 heavy (non-hydrogen) atoms. The van der Waals surface area contributed by atoms with Crippen molar-refractivity contribution in [2.75, 3.05) is 20.3 Å². The van der Waals surface area contributed by atoms with Crippen LogP contribution < -0.4 is 10.1 Å². The predicted molar refractivity (Wildman–Crippen MR) is 80.3 cm³/mol. The van der Waals surface area contributed by atoms with Crippen molar-refractivity contribution in [1.29, 1.82) is 0 Å². The molecule has 1 N–H and O–H groups in total. The SMILES string of the molecule is CCNC(CC1(OC)CCC1)c1ccc2c(c1)CCO2. The summed E-state index contributed by atoms with van der Waals surface area (Å²) in [7, 11) is 1.86. The first-order chi connectivity index (χ1) is 9.76.